The molecule has 0 heterocycles. The van der Waals surface area contributed by atoms with E-state index < -0.39 is 11.9 Å². The SMILES string of the molecule is CCC(C)N(C)CC(N)C(N)=O. The molecule has 4 N–H and O–H groups in total. The van der Waals surface area contributed by atoms with E-state index in [2.05, 4.69) is 13.8 Å². The van der Waals surface area contributed by atoms with Crippen molar-refractivity contribution in [1.29, 1.82) is 0 Å². The summed E-state index contributed by atoms with van der Waals surface area (Å²) in [4.78, 5) is 12.7. The molecule has 0 bridgehead atoms. The number of hydrogen-bond acceptors (Lipinski definition) is 3. The topological polar surface area (TPSA) is 72.3 Å². The smallest absolute Gasteiger partial charge is 0.235 e. The second-order valence-electron chi connectivity index (χ2n) is 3.21. The van der Waals surface area contributed by atoms with Gasteiger partial charge < -0.3 is 16.4 Å². The van der Waals surface area contributed by atoms with E-state index in [9.17, 15) is 4.79 Å². The number of carbonyl (C=O) groups is 1. The molecule has 0 saturated heterocycles. The fourth-order valence-corrected chi connectivity index (χ4v) is 0.892. The average Bonchev–Trinajstić information content (AvgIpc) is 2.02. The number of primary amides is 1. The first-order valence-electron chi connectivity index (χ1n) is 4.24. The maximum atomic E-state index is 10.6. The van der Waals surface area contributed by atoms with Crippen molar-refractivity contribution >= 4 is 5.91 Å². The van der Waals surface area contributed by atoms with Crippen LogP contribution in [0, 0.1) is 0 Å². The first kappa shape index (κ1) is 11.4. The van der Waals surface area contributed by atoms with Crippen molar-refractivity contribution < 1.29 is 4.79 Å². The molecule has 0 rings (SSSR count). The molecule has 0 saturated carbocycles. The molecule has 0 spiro atoms. The summed E-state index contributed by atoms with van der Waals surface area (Å²) in [5.41, 5.74) is 10.5. The summed E-state index contributed by atoms with van der Waals surface area (Å²) in [5.74, 6) is -0.440. The summed E-state index contributed by atoms with van der Waals surface area (Å²) in [6.07, 6.45) is 1.04. The molecule has 0 aliphatic rings. The zero-order valence-electron chi connectivity index (χ0n) is 8.08. The molecule has 4 nitrogen and oxygen atoms in total. The quantitative estimate of drug-likeness (QED) is 0.590. The Bertz CT molecular complexity index is 149. The Morgan fingerprint density at radius 2 is 2.08 bits per heavy atom. The van der Waals surface area contributed by atoms with Crippen LogP contribution >= 0.6 is 0 Å². The minimum Gasteiger partial charge on any atom is -0.368 e. The number of amides is 1. The number of hydrogen-bond donors (Lipinski definition) is 2. The van der Waals surface area contributed by atoms with E-state index in [0.717, 1.165) is 6.42 Å². The second-order valence-corrected chi connectivity index (χ2v) is 3.21. The van der Waals surface area contributed by atoms with Crippen molar-refractivity contribution in [3.05, 3.63) is 0 Å². The van der Waals surface area contributed by atoms with E-state index in [-0.39, 0.29) is 0 Å². The lowest BCUT2D eigenvalue weighted by Gasteiger charge is -2.25. The maximum Gasteiger partial charge on any atom is 0.235 e. The molecule has 4 heteroatoms. The molecule has 0 aromatic rings. The van der Waals surface area contributed by atoms with Crippen molar-refractivity contribution in [2.45, 2.75) is 32.4 Å². The van der Waals surface area contributed by atoms with E-state index in [4.69, 9.17) is 11.5 Å². The molecular formula is C8H19N3O. The van der Waals surface area contributed by atoms with Gasteiger partial charge in [-0.25, -0.2) is 0 Å². The van der Waals surface area contributed by atoms with Crippen molar-refractivity contribution in [3.63, 3.8) is 0 Å². The predicted octanol–water partition coefficient (Wildman–Crippen LogP) is -0.471. The summed E-state index contributed by atoms with van der Waals surface area (Å²) in [5, 5.41) is 0. The van der Waals surface area contributed by atoms with Crippen LogP contribution in [0.3, 0.4) is 0 Å². The van der Waals surface area contributed by atoms with E-state index in [1.54, 1.807) is 0 Å². The largest absolute Gasteiger partial charge is 0.368 e. The Morgan fingerprint density at radius 1 is 1.58 bits per heavy atom. The van der Waals surface area contributed by atoms with E-state index in [0.29, 0.717) is 12.6 Å². The molecule has 0 aromatic carbocycles. The fraction of sp³-hybridized carbons (Fsp3) is 0.875. The molecule has 0 aromatic heterocycles. The van der Waals surface area contributed by atoms with Gasteiger partial charge in [0, 0.05) is 12.6 Å². The van der Waals surface area contributed by atoms with Gasteiger partial charge in [-0.05, 0) is 20.4 Å². The molecular weight excluding hydrogens is 154 g/mol. The third-order valence-electron chi connectivity index (χ3n) is 2.19. The first-order chi connectivity index (χ1) is 5.49. The van der Waals surface area contributed by atoms with Gasteiger partial charge in [-0.15, -0.1) is 0 Å². The number of nitrogens with two attached hydrogens (primary N) is 2. The van der Waals surface area contributed by atoms with E-state index >= 15 is 0 Å². The van der Waals surface area contributed by atoms with Gasteiger partial charge in [0.25, 0.3) is 0 Å². The van der Waals surface area contributed by atoms with Crippen LogP contribution in [0.25, 0.3) is 0 Å². The number of likely N-dealkylation sites (N-methyl/N-ethyl adjacent to an activating group) is 1. The third kappa shape index (κ3) is 3.69. The van der Waals surface area contributed by atoms with Gasteiger partial charge in [0.15, 0.2) is 0 Å². The lowest BCUT2D eigenvalue weighted by atomic mass is 10.2. The Hall–Kier alpha value is -0.610. The summed E-state index contributed by atoms with van der Waals surface area (Å²) < 4.78 is 0. The minimum absolute atomic E-state index is 0.440. The fourth-order valence-electron chi connectivity index (χ4n) is 0.892. The third-order valence-corrected chi connectivity index (χ3v) is 2.19. The lowest BCUT2D eigenvalue weighted by molar-refractivity contribution is -0.119. The van der Waals surface area contributed by atoms with Crippen LogP contribution in [0.15, 0.2) is 0 Å². The molecule has 0 fully saturated rings. The van der Waals surface area contributed by atoms with Crippen molar-refractivity contribution in [2.75, 3.05) is 13.6 Å². The van der Waals surface area contributed by atoms with Crippen molar-refractivity contribution in [2.24, 2.45) is 11.5 Å². The highest BCUT2D eigenvalue weighted by atomic mass is 16.1. The standard InChI is InChI=1S/C8H19N3O/c1-4-6(2)11(3)5-7(9)8(10)12/h6-7H,4-5,9H2,1-3H3,(H2,10,12). The van der Waals surface area contributed by atoms with E-state index in [1.165, 1.54) is 0 Å². The Morgan fingerprint density at radius 3 is 2.42 bits per heavy atom. The molecule has 12 heavy (non-hydrogen) atoms. The molecule has 0 aliphatic heterocycles. The maximum absolute atomic E-state index is 10.6. The monoisotopic (exact) mass is 173 g/mol. The van der Waals surface area contributed by atoms with Crippen LogP contribution in [-0.2, 0) is 4.79 Å². The van der Waals surface area contributed by atoms with Gasteiger partial charge >= 0.3 is 0 Å². The zero-order valence-corrected chi connectivity index (χ0v) is 8.08. The van der Waals surface area contributed by atoms with Crippen LogP contribution < -0.4 is 11.5 Å². The Kier molecular flexibility index (Phi) is 4.85. The number of nitrogens with zero attached hydrogens (tertiary/aromatic N) is 1. The summed E-state index contributed by atoms with van der Waals surface area (Å²) in [6, 6.07) is -0.112. The molecule has 0 radical (unpaired) electrons. The van der Waals surface area contributed by atoms with Crippen molar-refractivity contribution in [3.8, 4) is 0 Å². The van der Waals surface area contributed by atoms with Crippen LogP contribution in [0.2, 0.25) is 0 Å². The summed E-state index contributed by atoms with van der Waals surface area (Å²) in [7, 11) is 1.94. The summed E-state index contributed by atoms with van der Waals surface area (Å²) >= 11 is 0. The summed E-state index contributed by atoms with van der Waals surface area (Å²) in [6.45, 7) is 4.72. The molecule has 1 amide bonds. The van der Waals surface area contributed by atoms with Gasteiger partial charge in [-0.1, -0.05) is 6.92 Å². The lowest BCUT2D eigenvalue weighted by Crippen LogP contribution is -2.46. The number of rotatable bonds is 5. The second kappa shape index (κ2) is 5.11. The van der Waals surface area contributed by atoms with Crippen LogP contribution in [0.5, 0.6) is 0 Å². The predicted molar refractivity (Wildman–Crippen MR) is 49.6 cm³/mol. The molecule has 2 atom stereocenters. The highest BCUT2D eigenvalue weighted by Crippen LogP contribution is 1.99. The average molecular weight is 173 g/mol. The zero-order chi connectivity index (χ0) is 9.72. The normalized spacial score (nSPS) is 16.1. The van der Waals surface area contributed by atoms with Gasteiger partial charge in [0.05, 0.1) is 6.04 Å². The van der Waals surface area contributed by atoms with Gasteiger partial charge in [0.2, 0.25) is 5.91 Å². The van der Waals surface area contributed by atoms with Gasteiger partial charge in [-0.2, -0.15) is 0 Å². The molecule has 2 unspecified atom stereocenters. The van der Waals surface area contributed by atoms with Crippen LogP contribution in [-0.4, -0.2) is 36.5 Å². The van der Waals surface area contributed by atoms with Crippen LogP contribution in [0.4, 0.5) is 0 Å². The minimum atomic E-state index is -0.552. The highest BCUT2D eigenvalue weighted by Gasteiger charge is 2.14. The molecule has 0 aliphatic carbocycles. The highest BCUT2D eigenvalue weighted by molar-refractivity contribution is 5.79. The van der Waals surface area contributed by atoms with Gasteiger partial charge in [-0.3, -0.25) is 4.79 Å². The van der Waals surface area contributed by atoms with Crippen molar-refractivity contribution in [1.82, 2.24) is 4.90 Å². The molecule has 72 valence electrons. The Balaban J connectivity index is 3.83. The number of carbonyl (C=O) groups excluding carboxylic acids is 1. The van der Waals surface area contributed by atoms with Gasteiger partial charge in [0.1, 0.15) is 0 Å². The first-order valence-corrected chi connectivity index (χ1v) is 4.24. The Labute approximate surface area is 73.9 Å². The van der Waals surface area contributed by atoms with Crippen LogP contribution in [0.1, 0.15) is 20.3 Å². The van der Waals surface area contributed by atoms with E-state index in [1.807, 2.05) is 11.9 Å².